The van der Waals surface area contributed by atoms with Gasteiger partial charge in [-0.3, -0.25) is 9.59 Å². The lowest BCUT2D eigenvalue weighted by molar-refractivity contribution is -0.145. The van der Waals surface area contributed by atoms with Crippen LogP contribution in [0.4, 0.5) is 14.5 Å². The lowest BCUT2D eigenvalue weighted by Gasteiger charge is -2.16. The topological polar surface area (TPSA) is 75.6 Å². The lowest BCUT2D eigenvalue weighted by atomic mass is 9.95. The molecule has 0 aromatic heterocycles. The van der Waals surface area contributed by atoms with Crippen molar-refractivity contribution < 1.29 is 28.2 Å². The van der Waals surface area contributed by atoms with Gasteiger partial charge in [0.15, 0.2) is 0 Å². The minimum atomic E-state index is -3.00. The van der Waals surface area contributed by atoms with Crippen LogP contribution in [0.25, 0.3) is 0 Å². The zero-order chi connectivity index (χ0) is 16.2. The average molecular weight is 322 g/mol. The highest BCUT2D eigenvalue weighted by atomic mass is 35.5. The van der Waals surface area contributed by atoms with Crippen LogP contribution in [0.1, 0.15) is 13.8 Å². The van der Waals surface area contributed by atoms with Gasteiger partial charge in [-0.05, 0) is 18.2 Å². The number of amides is 1. The fourth-order valence-corrected chi connectivity index (χ4v) is 1.69. The van der Waals surface area contributed by atoms with Crippen LogP contribution >= 0.6 is 11.6 Å². The van der Waals surface area contributed by atoms with Crippen LogP contribution in [0.15, 0.2) is 18.2 Å². The molecule has 0 aliphatic heterocycles. The first-order valence-electron chi connectivity index (χ1n) is 6.00. The molecule has 2 atom stereocenters. The molecule has 0 fully saturated rings. The van der Waals surface area contributed by atoms with Gasteiger partial charge in [-0.25, -0.2) is 0 Å². The number of carboxylic acid groups (broad SMARTS) is 1. The number of benzene rings is 1. The van der Waals surface area contributed by atoms with E-state index in [1.165, 1.54) is 32.0 Å². The van der Waals surface area contributed by atoms with Crippen LogP contribution in [0.5, 0.6) is 5.75 Å². The molecule has 0 radical (unpaired) electrons. The van der Waals surface area contributed by atoms with Crippen molar-refractivity contribution in [2.24, 2.45) is 11.8 Å². The number of anilines is 1. The SMILES string of the molecule is CC(C(=O)O)C(C)C(=O)Nc1ccc(OC(F)F)c(Cl)c1. The molecule has 0 aliphatic rings. The van der Waals surface area contributed by atoms with Crippen molar-refractivity contribution in [3.63, 3.8) is 0 Å². The van der Waals surface area contributed by atoms with E-state index in [1.807, 2.05) is 0 Å². The largest absolute Gasteiger partial charge is 0.481 e. The fraction of sp³-hybridized carbons (Fsp3) is 0.385. The van der Waals surface area contributed by atoms with Crippen LogP contribution in [0.2, 0.25) is 5.02 Å². The molecule has 2 N–H and O–H groups in total. The van der Waals surface area contributed by atoms with Crippen molar-refractivity contribution in [1.82, 2.24) is 0 Å². The summed E-state index contributed by atoms with van der Waals surface area (Å²) < 4.78 is 28.3. The highest BCUT2D eigenvalue weighted by Crippen LogP contribution is 2.29. The Bertz CT molecular complexity index is 539. The quantitative estimate of drug-likeness (QED) is 0.843. The van der Waals surface area contributed by atoms with Crippen molar-refractivity contribution in [1.29, 1.82) is 0 Å². The first kappa shape index (κ1) is 17.2. The summed E-state index contributed by atoms with van der Waals surface area (Å²) in [6.07, 6.45) is 0. The molecule has 8 heteroatoms. The van der Waals surface area contributed by atoms with Crippen LogP contribution in [-0.2, 0) is 9.59 Å². The summed E-state index contributed by atoms with van der Waals surface area (Å²) in [6.45, 7) is -0.109. The maximum atomic E-state index is 12.1. The number of aliphatic carboxylic acids is 1. The van der Waals surface area contributed by atoms with E-state index in [-0.39, 0.29) is 16.5 Å². The number of carbonyl (C=O) groups excluding carboxylic acids is 1. The molecule has 1 rings (SSSR count). The van der Waals surface area contributed by atoms with Gasteiger partial charge in [-0.1, -0.05) is 25.4 Å². The number of carbonyl (C=O) groups is 2. The highest BCUT2D eigenvalue weighted by molar-refractivity contribution is 6.32. The Kier molecular flexibility index (Phi) is 5.90. The maximum Gasteiger partial charge on any atom is 0.387 e. The Morgan fingerprint density at radius 1 is 1.29 bits per heavy atom. The summed E-state index contributed by atoms with van der Waals surface area (Å²) in [4.78, 5) is 22.7. The van der Waals surface area contributed by atoms with Crippen molar-refractivity contribution in [2.45, 2.75) is 20.5 Å². The smallest absolute Gasteiger partial charge is 0.387 e. The second-order valence-electron chi connectivity index (χ2n) is 4.43. The minimum absolute atomic E-state index is 0.0907. The number of carboxylic acids is 1. The van der Waals surface area contributed by atoms with Gasteiger partial charge in [0.2, 0.25) is 5.91 Å². The van der Waals surface area contributed by atoms with Crippen LogP contribution in [-0.4, -0.2) is 23.6 Å². The van der Waals surface area contributed by atoms with Gasteiger partial charge < -0.3 is 15.2 Å². The minimum Gasteiger partial charge on any atom is -0.481 e. The second kappa shape index (κ2) is 7.21. The number of hydrogen-bond donors (Lipinski definition) is 2. The van der Waals surface area contributed by atoms with Crippen molar-refractivity contribution in [2.75, 3.05) is 5.32 Å². The van der Waals surface area contributed by atoms with Crippen LogP contribution < -0.4 is 10.1 Å². The number of hydrogen-bond acceptors (Lipinski definition) is 3. The van der Waals surface area contributed by atoms with Crippen LogP contribution in [0, 0.1) is 11.8 Å². The zero-order valence-electron chi connectivity index (χ0n) is 11.3. The van der Waals surface area contributed by atoms with Gasteiger partial charge in [-0.15, -0.1) is 0 Å². The molecule has 0 saturated heterocycles. The lowest BCUT2D eigenvalue weighted by Crippen LogP contribution is -2.29. The van der Waals surface area contributed by atoms with Gasteiger partial charge >= 0.3 is 12.6 Å². The summed E-state index contributed by atoms with van der Waals surface area (Å²) in [6, 6.07) is 3.77. The fourth-order valence-electron chi connectivity index (χ4n) is 1.47. The molecular weight excluding hydrogens is 308 g/mol. The number of nitrogens with one attached hydrogen (secondary N) is 1. The molecule has 1 aromatic carbocycles. The molecule has 0 spiro atoms. The third-order valence-corrected chi connectivity index (χ3v) is 3.26. The summed E-state index contributed by atoms with van der Waals surface area (Å²) in [7, 11) is 0. The molecular formula is C13H14ClF2NO4. The van der Waals surface area contributed by atoms with Gasteiger partial charge in [0.1, 0.15) is 5.75 Å². The summed E-state index contributed by atoms with van der Waals surface area (Å²) in [5.74, 6) is -3.43. The van der Waals surface area contributed by atoms with E-state index in [2.05, 4.69) is 10.1 Å². The molecule has 2 unspecified atom stereocenters. The van der Waals surface area contributed by atoms with Gasteiger partial charge in [0, 0.05) is 11.6 Å². The van der Waals surface area contributed by atoms with Crippen molar-refractivity contribution in [3.05, 3.63) is 23.2 Å². The Morgan fingerprint density at radius 3 is 2.38 bits per heavy atom. The summed E-state index contributed by atoms with van der Waals surface area (Å²) >= 11 is 5.75. The number of rotatable bonds is 6. The monoisotopic (exact) mass is 321 g/mol. The molecule has 0 heterocycles. The Balaban J connectivity index is 2.77. The van der Waals surface area contributed by atoms with Gasteiger partial charge in [-0.2, -0.15) is 8.78 Å². The maximum absolute atomic E-state index is 12.1. The standard InChI is InChI=1S/C13H14ClF2NO4/c1-6(7(2)12(19)20)11(18)17-8-3-4-10(9(14)5-8)21-13(15)16/h3-7,13H,1-2H3,(H,17,18)(H,19,20). The molecule has 0 bridgehead atoms. The second-order valence-corrected chi connectivity index (χ2v) is 4.84. The summed E-state index contributed by atoms with van der Waals surface area (Å²) in [5, 5.41) is 11.2. The van der Waals surface area contributed by atoms with E-state index >= 15 is 0 Å². The molecule has 0 saturated carbocycles. The van der Waals surface area contributed by atoms with E-state index in [4.69, 9.17) is 16.7 Å². The van der Waals surface area contributed by atoms with E-state index in [0.29, 0.717) is 0 Å². The number of halogens is 3. The molecule has 116 valence electrons. The van der Waals surface area contributed by atoms with Crippen molar-refractivity contribution >= 4 is 29.2 Å². The third-order valence-electron chi connectivity index (χ3n) is 2.97. The van der Waals surface area contributed by atoms with Gasteiger partial charge in [0.25, 0.3) is 0 Å². The number of ether oxygens (including phenoxy) is 1. The predicted octanol–water partition coefficient (Wildman–Crippen LogP) is 3.24. The van der Waals surface area contributed by atoms with E-state index in [9.17, 15) is 18.4 Å². The third kappa shape index (κ3) is 4.86. The molecule has 5 nitrogen and oxygen atoms in total. The first-order chi connectivity index (χ1) is 9.72. The van der Waals surface area contributed by atoms with E-state index in [0.717, 1.165) is 0 Å². The van der Waals surface area contributed by atoms with Crippen molar-refractivity contribution in [3.8, 4) is 5.75 Å². The number of alkyl halides is 2. The average Bonchev–Trinajstić information content (AvgIpc) is 2.39. The van der Waals surface area contributed by atoms with E-state index < -0.39 is 30.3 Å². The van der Waals surface area contributed by atoms with Crippen LogP contribution in [0.3, 0.4) is 0 Å². The zero-order valence-corrected chi connectivity index (χ0v) is 12.0. The van der Waals surface area contributed by atoms with E-state index in [1.54, 1.807) is 0 Å². The normalized spacial score (nSPS) is 13.6. The molecule has 0 aliphatic carbocycles. The molecule has 1 amide bonds. The Hall–Kier alpha value is -1.89. The molecule has 21 heavy (non-hydrogen) atoms. The summed E-state index contributed by atoms with van der Waals surface area (Å²) in [5.41, 5.74) is 0.260. The highest BCUT2D eigenvalue weighted by Gasteiger charge is 2.25. The Morgan fingerprint density at radius 2 is 1.90 bits per heavy atom. The van der Waals surface area contributed by atoms with Gasteiger partial charge in [0.05, 0.1) is 10.9 Å². The predicted molar refractivity (Wildman–Crippen MR) is 72.7 cm³/mol. The first-order valence-corrected chi connectivity index (χ1v) is 6.38. The Labute approximate surface area is 124 Å². The molecule has 1 aromatic rings.